The minimum absolute atomic E-state index is 0.168. The molecule has 0 aromatic rings. The van der Waals surface area contributed by atoms with E-state index in [2.05, 4.69) is 5.32 Å². The first-order chi connectivity index (χ1) is 8.51. The van der Waals surface area contributed by atoms with Crippen LogP contribution in [0.4, 0.5) is 4.79 Å². The number of carbonyl (C=O) groups excluding carboxylic acids is 1. The first kappa shape index (κ1) is 15.1. The van der Waals surface area contributed by atoms with Crippen molar-refractivity contribution in [2.75, 3.05) is 13.3 Å². The van der Waals surface area contributed by atoms with Crippen molar-refractivity contribution in [1.82, 2.24) is 10.2 Å². The number of amides is 2. The summed E-state index contributed by atoms with van der Waals surface area (Å²) in [4.78, 5) is 24.3. The predicted octanol–water partition coefficient (Wildman–Crippen LogP) is 1.78. The Kier molecular flexibility index (Phi) is 5.78. The average molecular weight is 274 g/mol. The van der Waals surface area contributed by atoms with E-state index in [9.17, 15) is 9.59 Å². The molecule has 18 heavy (non-hydrogen) atoms. The molecule has 0 heterocycles. The smallest absolute Gasteiger partial charge is 0.326 e. The first-order valence-electron chi connectivity index (χ1n) is 6.30. The number of aliphatic carboxylic acids is 1. The summed E-state index contributed by atoms with van der Waals surface area (Å²) in [6, 6.07) is -0.865. The number of urea groups is 1. The Morgan fingerprint density at radius 2 is 2.17 bits per heavy atom. The number of carboxylic acid groups (broad SMARTS) is 1. The molecule has 0 aromatic carbocycles. The van der Waals surface area contributed by atoms with Crippen molar-refractivity contribution < 1.29 is 14.7 Å². The van der Waals surface area contributed by atoms with Gasteiger partial charge in [0.15, 0.2) is 0 Å². The molecule has 6 heteroatoms. The highest BCUT2D eigenvalue weighted by molar-refractivity contribution is 7.99. The second-order valence-electron chi connectivity index (χ2n) is 4.63. The van der Waals surface area contributed by atoms with Gasteiger partial charge < -0.3 is 15.3 Å². The van der Waals surface area contributed by atoms with E-state index in [1.54, 1.807) is 25.7 Å². The summed E-state index contributed by atoms with van der Waals surface area (Å²) < 4.78 is 0. The maximum absolute atomic E-state index is 12.0. The molecule has 2 N–H and O–H groups in total. The number of nitrogens with zero attached hydrogens (tertiary/aromatic N) is 1. The van der Waals surface area contributed by atoms with Gasteiger partial charge in [-0.15, -0.1) is 0 Å². The summed E-state index contributed by atoms with van der Waals surface area (Å²) in [5, 5.41) is 12.4. The average Bonchev–Trinajstić information content (AvgIpc) is 2.76. The van der Waals surface area contributed by atoms with Gasteiger partial charge in [-0.25, -0.2) is 9.59 Å². The van der Waals surface area contributed by atoms with E-state index in [0.29, 0.717) is 11.7 Å². The van der Waals surface area contributed by atoms with Crippen LogP contribution in [0.3, 0.4) is 0 Å². The number of hydrogen-bond donors (Lipinski definition) is 2. The minimum Gasteiger partial charge on any atom is -0.480 e. The lowest BCUT2D eigenvalue weighted by Crippen LogP contribution is -2.50. The summed E-state index contributed by atoms with van der Waals surface area (Å²) in [5.41, 5.74) is 0. The summed E-state index contributed by atoms with van der Waals surface area (Å²) in [7, 11) is 1.54. The van der Waals surface area contributed by atoms with Crippen molar-refractivity contribution >= 4 is 23.8 Å². The molecule has 0 spiro atoms. The van der Waals surface area contributed by atoms with Crippen molar-refractivity contribution in [3.63, 3.8) is 0 Å². The topological polar surface area (TPSA) is 69.6 Å². The first-order valence-corrected chi connectivity index (χ1v) is 7.59. The zero-order valence-electron chi connectivity index (χ0n) is 11.2. The normalized spacial score (nSPS) is 24.6. The van der Waals surface area contributed by atoms with Crippen molar-refractivity contribution in [3.8, 4) is 0 Å². The molecule has 0 aliphatic heterocycles. The second kappa shape index (κ2) is 6.87. The third kappa shape index (κ3) is 3.54. The highest BCUT2D eigenvalue weighted by Gasteiger charge is 2.31. The zero-order chi connectivity index (χ0) is 13.7. The fraction of sp³-hybridized carbons (Fsp3) is 0.833. The lowest BCUT2D eigenvalue weighted by Gasteiger charge is -2.27. The molecule has 3 atom stereocenters. The van der Waals surface area contributed by atoms with Crippen LogP contribution in [0.5, 0.6) is 0 Å². The van der Waals surface area contributed by atoms with Gasteiger partial charge in [0.1, 0.15) is 6.04 Å². The van der Waals surface area contributed by atoms with Crippen LogP contribution in [0.15, 0.2) is 0 Å². The fourth-order valence-corrected chi connectivity index (χ4v) is 3.32. The monoisotopic (exact) mass is 274 g/mol. The number of rotatable bonds is 5. The second-order valence-corrected chi connectivity index (χ2v) is 5.71. The van der Waals surface area contributed by atoms with E-state index in [0.717, 1.165) is 19.3 Å². The minimum atomic E-state index is -0.956. The van der Waals surface area contributed by atoms with Crippen molar-refractivity contribution in [1.29, 1.82) is 0 Å². The number of hydrogen-bond acceptors (Lipinski definition) is 3. The Labute approximate surface area is 112 Å². The predicted molar refractivity (Wildman–Crippen MR) is 73.0 cm³/mol. The maximum Gasteiger partial charge on any atom is 0.326 e. The molecule has 1 saturated carbocycles. The molecule has 2 amide bonds. The van der Waals surface area contributed by atoms with E-state index in [-0.39, 0.29) is 12.1 Å². The summed E-state index contributed by atoms with van der Waals surface area (Å²) in [6.45, 7) is 1.77. The lowest BCUT2D eigenvalue weighted by molar-refractivity contribution is -0.141. The van der Waals surface area contributed by atoms with Gasteiger partial charge in [-0.1, -0.05) is 13.3 Å². The number of carbonyl (C=O) groups is 2. The van der Waals surface area contributed by atoms with E-state index in [1.165, 1.54) is 4.90 Å². The van der Waals surface area contributed by atoms with Gasteiger partial charge in [-0.05, 0) is 25.5 Å². The van der Waals surface area contributed by atoms with Crippen LogP contribution < -0.4 is 5.32 Å². The van der Waals surface area contributed by atoms with Gasteiger partial charge >= 0.3 is 12.0 Å². The van der Waals surface area contributed by atoms with Crippen LogP contribution in [0.25, 0.3) is 0 Å². The Hall–Kier alpha value is -0.910. The van der Waals surface area contributed by atoms with E-state index in [1.807, 2.05) is 6.26 Å². The number of carboxylic acids is 1. The molecular weight excluding hydrogens is 252 g/mol. The third-order valence-corrected chi connectivity index (χ3v) is 4.69. The molecule has 1 rings (SSSR count). The molecule has 0 radical (unpaired) electrons. The number of thioether (sulfide) groups is 1. The van der Waals surface area contributed by atoms with Crippen LogP contribution in [-0.4, -0.2) is 52.6 Å². The Bertz CT molecular complexity index is 312. The van der Waals surface area contributed by atoms with Crippen LogP contribution in [0.2, 0.25) is 0 Å². The van der Waals surface area contributed by atoms with Gasteiger partial charge in [-0.3, -0.25) is 0 Å². The van der Waals surface area contributed by atoms with E-state index >= 15 is 0 Å². The number of likely N-dealkylation sites (N-methyl/N-ethyl adjacent to an activating group) is 1. The van der Waals surface area contributed by atoms with Crippen LogP contribution in [0, 0.1) is 0 Å². The Balaban J connectivity index is 2.56. The molecule has 5 nitrogen and oxygen atoms in total. The summed E-state index contributed by atoms with van der Waals surface area (Å²) in [5.74, 6) is -0.956. The van der Waals surface area contributed by atoms with Crippen LogP contribution in [-0.2, 0) is 4.79 Å². The summed E-state index contributed by atoms with van der Waals surface area (Å²) in [6.07, 6.45) is 5.68. The van der Waals surface area contributed by atoms with Crippen LogP contribution in [0.1, 0.15) is 32.6 Å². The highest BCUT2D eigenvalue weighted by atomic mass is 32.2. The SMILES string of the molecule is CCC(C(=O)O)N(C)C(=O)NC1CCCC1SC. The maximum atomic E-state index is 12.0. The van der Waals surface area contributed by atoms with Crippen molar-refractivity contribution in [2.45, 2.75) is 49.9 Å². The summed E-state index contributed by atoms with van der Waals surface area (Å²) >= 11 is 1.77. The van der Waals surface area contributed by atoms with Crippen molar-refractivity contribution in [3.05, 3.63) is 0 Å². The fourth-order valence-electron chi connectivity index (χ4n) is 2.39. The zero-order valence-corrected chi connectivity index (χ0v) is 12.0. The molecule has 0 bridgehead atoms. The van der Waals surface area contributed by atoms with Gasteiger partial charge in [0, 0.05) is 18.3 Å². The molecular formula is C12H22N2O3S. The lowest BCUT2D eigenvalue weighted by atomic mass is 10.2. The molecule has 1 aliphatic rings. The van der Waals surface area contributed by atoms with E-state index < -0.39 is 12.0 Å². The Morgan fingerprint density at radius 3 is 2.67 bits per heavy atom. The third-order valence-electron chi connectivity index (χ3n) is 3.52. The number of nitrogens with one attached hydrogen (secondary N) is 1. The largest absolute Gasteiger partial charge is 0.480 e. The molecule has 104 valence electrons. The van der Waals surface area contributed by atoms with Gasteiger partial charge in [0.05, 0.1) is 0 Å². The quantitative estimate of drug-likeness (QED) is 0.801. The van der Waals surface area contributed by atoms with Crippen LogP contribution >= 0.6 is 11.8 Å². The van der Waals surface area contributed by atoms with Gasteiger partial charge in [0.2, 0.25) is 0 Å². The highest BCUT2D eigenvalue weighted by Crippen LogP contribution is 2.28. The molecule has 0 saturated heterocycles. The van der Waals surface area contributed by atoms with Gasteiger partial charge in [0.25, 0.3) is 0 Å². The van der Waals surface area contributed by atoms with Crippen molar-refractivity contribution in [2.24, 2.45) is 0 Å². The van der Waals surface area contributed by atoms with E-state index in [4.69, 9.17) is 5.11 Å². The molecule has 1 fully saturated rings. The standard InChI is InChI=1S/C12H22N2O3S/c1-4-9(11(15)16)14(2)12(17)13-8-6-5-7-10(8)18-3/h8-10H,4-7H2,1-3H3,(H,13,17)(H,15,16). The molecule has 3 unspecified atom stereocenters. The molecule has 1 aliphatic carbocycles. The van der Waals surface area contributed by atoms with Gasteiger partial charge in [-0.2, -0.15) is 11.8 Å². The Morgan fingerprint density at radius 1 is 1.50 bits per heavy atom. The molecule has 0 aromatic heterocycles.